The molecule has 0 saturated carbocycles. The van der Waals surface area contributed by atoms with Crippen molar-refractivity contribution in [2.24, 2.45) is 0 Å². The number of nitrogens with one attached hydrogen (secondary N) is 1. The Hall–Kier alpha value is -0.0200. The third-order valence-electron chi connectivity index (χ3n) is 3.41. The fourth-order valence-corrected chi connectivity index (χ4v) is 2.86. The number of halogens is 3. The van der Waals surface area contributed by atoms with Gasteiger partial charge in [0.15, 0.2) is 0 Å². The van der Waals surface area contributed by atoms with E-state index in [9.17, 15) is 0 Å². The average molecular weight is 282 g/mol. The van der Waals surface area contributed by atoms with Gasteiger partial charge in [-0.05, 0) is 42.9 Å². The third-order valence-corrected chi connectivity index (χ3v) is 3.78. The Labute approximate surface area is 113 Å². The highest BCUT2D eigenvalue weighted by molar-refractivity contribution is 6.30. The van der Waals surface area contributed by atoms with E-state index in [1.165, 1.54) is 35.2 Å². The summed E-state index contributed by atoms with van der Waals surface area (Å²) in [5.41, 5.74) is 5.27. The highest BCUT2D eigenvalue weighted by Crippen LogP contribution is 2.38. The van der Waals surface area contributed by atoms with Gasteiger partial charge in [0.05, 0.1) is 0 Å². The van der Waals surface area contributed by atoms with E-state index >= 15 is 0 Å². The van der Waals surface area contributed by atoms with E-state index in [2.05, 4.69) is 17.2 Å². The molecule has 5 heteroatoms. The molecule has 2 aliphatic rings. The summed E-state index contributed by atoms with van der Waals surface area (Å²) in [5, 5.41) is 4.23. The minimum atomic E-state index is 0. The summed E-state index contributed by atoms with van der Waals surface area (Å²) in [7, 11) is 0. The van der Waals surface area contributed by atoms with E-state index < -0.39 is 0 Å². The maximum absolute atomic E-state index is 6.11. The van der Waals surface area contributed by atoms with Crippen molar-refractivity contribution < 1.29 is 0 Å². The monoisotopic (exact) mass is 280 g/mol. The number of nitrogens with zero attached hydrogens (tertiary/aromatic N) is 1. The number of pyridine rings is 1. The molecule has 0 spiro atoms. The lowest BCUT2D eigenvalue weighted by molar-refractivity contribution is 0.493. The summed E-state index contributed by atoms with van der Waals surface area (Å²) < 4.78 is 0. The number of aromatic nitrogens is 1. The molecule has 0 fully saturated rings. The van der Waals surface area contributed by atoms with Crippen LogP contribution in [0.15, 0.2) is 0 Å². The lowest BCUT2D eigenvalue weighted by atomic mass is 9.90. The standard InChI is InChI=1S/C11H13ClN2.2ClH/c1-6-7-5-13-8-3-2-4-9(10(7)8)14-11(6)12;;/h8,13H,2-5H2,1H3;2*1H/t8-;;/m0../s1. The molecular weight excluding hydrogens is 266 g/mol. The van der Waals surface area contributed by atoms with Crippen molar-refractivity contribution in [3.05, 3.63) is 27.5 Å². The van der Waals surface area contributed by atoms with Gasteiger partial charge in [-0.1, -0.05) is 11.6 Å². The molecule has 2 heterocycles. The van der Waals surface area contributed by atoms with Crippen LogP contribution >= 0.6 is 36.4 Å². The molecule has 1 aromatic heterocycles. The van der Waals surface area contributed by atoms with Crippen LogP contribution in [0.1, 0.15) is 41.3 Å². The molecule has 1 N–H and O–H groups in total. The first kappa shape index (κ1) is 14.0. The van der Waals surface area contributed by atoms with Crippen LogP contribution in [0.25, 0.3) is 0 Å². The molecule has 1 aliphatic carbocycles. The van der Waals surface area contributed by atoms with Gasteiger partial charge in [-0.15, -0.1) is 24.8 Å². The summed E-state index contributed by atoms with van der Waals surface area (Å²) in [6, 6.07) is 0.553. The van der Waals surface area contributed by atoms with E-state index in [1.54, 1.807) is 0 Å². The first-order valence-electron chi connectivity index (χ1n) is 5.18. The van der Waals surface area contributed by atoms with Gasteiger partial charge < -0.3 is 5.32 Å². The minimum absolute atomic E-state index is 0. The first-order chi connectivity index (χ1) is 6.77. The zero-order valence-corrected chi connectivity index (χ0v) is 11.4. The summed E-state index contributed by atoms with van der Waals surface area (Å²) in [6.45, 7) is 3.05. The lowest BCUT2D eigenvalue weighted by Crippen LogP contribution is -2.17. The number of aryl methyl sites for hydroxylation is 1. The molecule has 2 nitrogen and oxygen atoms in total. The van der Waals surface area contributed by atoms with Gasteiger partial charge in [0.25, 0.3) is 0 Å². The van der Waals surface area contributed by atoms with Gasteiger partial charge in [-0.3, -0.25) is 0 Å². The van der Waals surface area contributed by atoms with Crippen molar-refractivity contribution in [2.75, 3.05) is 0 Å². The van der Waals surface area contributed by atoms with Gasteiger partial charge in [-0.25, -0.2) is 4.98 Å². The number of rotatable bonds is 0. The van der Waals surface area contributed by atoms with Gasteiger partial charge in [0, 0.05) is 18.3 Å². The van der Waals surface area contributed by atoms with E-state index in [-0.39, 0.29) is 24.8 Å². The predicted octanol–water partition coefficient (Wildman–Crippen LogP) is 3.37. The number of hydrogen-bond donors (Lipinski definition) is 1. The van der Waals surface area contributed by atoms with Crippen molar-refractivity contribution in [3.63, 3.8) is 0 Å². The van der Waals surface area contributed by atoms with E-state index in [4.69, 9.17) is 11.6 Å². The molecule has 90 valence electrons. The summed E-state index contributed by atoms with van der Waals surface area (Å²) in [6.07, 6.45) is 3.58. The first-order valence-corrected chi connectivity index (χ1v) is 5.56. The Balaban J connectivity index is 0.000000640. The van der Waals surface area contributed by atoms with Crippen LogP contribution in [0.2, 0.25) is 5.15 Å². The summed E-state index contributed by atoms with van der Waals surface area (Å²) >= 11 is 6.11. The zero-order chi connectivity index (χ0) is 9.71. The molecule has 0 aromatic carbocycles. The van der Waals surface area contributed by atoms with Crippen molar-refractivity contribution in [1.82, 2.24) is 10.3 Å². The van der Waals surface area contributed by atoms with E-state index in [1.807, 2.05) is 0 Å². The Morgan fingerprint density at radius 3 is 2.88 bits per heavy atom. The van der Waals surface area contributed by atoms with Crippen LogP contribution < -0.4 is 5.32 Å². The van der Waals surface area contributed by atoms with Gasteiger partial charge in [-0.2, -0.15) is 0 Å². The second-order valence-electron chi connectivity index (χ2n) is 4.19. The second-order valence-corrected chi connectivity index (χ2v) is 4.55. The average Bonchev–Trinajstić information content (AvgIpc) is 2.60. The Kier molecular flexibility index (Phi) is 4.47. The Morgan fingerprint density at radius 1 is 1.38 bits per heavy atom. The molecule has 1 aromatic rings. The van der Waals surface area contributed by atoms with Crippen LogP contribution in [0.4, 0.5) is 0 Å². The summed E-state index contributed by atoms with van der Waals surface area (Å²) in [5.74, 6) is 0. The molecule has 0 amide bonds. The Morgan fingerprint density at radius 2 is 2.12 bits per heavy atom. The topological polar surface area (TPSA) is 24.9 Å². The van der Waals surface area contributed by atoms with Crippen molar-refractivity contribution in [2.45, 2.75) is 38.8 Å². The number of hydrogen-bond acceptors (Lipinski definition) is 2. The maximum atomic E-state index is 6.11. The second kappa shape index (κ2) is 5.09. The molecular formula is C11H15Cl3N2. The highest BCUT2D eigenvalue weighted by atomic mass is 35.5. The van der Waals surface area contributed by atoms with E-state index in [0.29, 0.717) is 11.2 Å². The van der Waals surface area contributed by atoms with Crippen LogP contribution in [0.5, 0.6) is 0 Å². The molecule has 1 atom stereocenters. The molecule has 3 rings (SSSR count). The Bertz CT molecular complexity index is 407. The highest BCUT2D eigenvalue weighted by Gasteiger charge is 2.30. The molecule has 0 saturated heterocycles. The zero-order valence-electron chi connectivity index (χ0n) is 9.05. The van der Waals surface area contributed by atoms with Crippen LogP contribution in [-0.4, -0.2) is 4.98 Å². The van der Waals surface area contributed by atoms with E-state index in [0.717, 1.165) is 13.0 Å². The third kappa shape index (κ3) is 1.92. The van der Waals surface area contributed by atoms with Gasteiger partial charge in [0.1, 0.15) is 5.15 Å². The van der Waals surface area contributed by atoms with Crippen molar-refractivity contribution in [1.29, 1.82) is 0 Å². The maximum Gasteiger partial charge on any atom is 0.132 e. The van der Waals surface area contributed by atoms with Gasteiger partial charge in [0.2, 0.25) is 0 Å². The van der Waals surface area contributed by atoms with Crippen LogP contribution in [-0.2, 0) is 13.0 Å². The molecule has 0 radical (unpaired) electrons. The molecule has 1 aliphatic heterocycles. The van der Waals surface area contributed by atoms with Gasteiger partial charge >= 0.3 is 0 Å². The quantitative estimate of drug-likeness (QED) is 0.738. The minimum Gasteiger partial charge on any atom is -0.306 e. The molecule has 16 heavy (non-hydrogen) atoms. The van der Waals surface area contributed by atoms with Crippen LogP contribution in [0, 0.1) is 6.92 Å². The van der Waals surface area contributed by atoms with Crippen molar-refractivity contribution in [3.8, 4) is 0 Å². The lowest BCUT2D eigenvalue weighted by Gasteiger charge is -2.21. The predicted molar refractivity (Wildman–Crippen MR) is 71.0 cm³/mol. The summed E-state index contributed by atoms with van der Waals surface area (Å²) in [4.78, 5) is 4.49. The molecule has 0 unspecified atom stereocenters. The normalized spacial score (nSPS) is 20.8. The fraction of sp³-hybridized carbons (Fsp3) is 0.545. The fourth-order valence-electron chi connectivity index (χ4n) is 2.64. The van der Waals surface area contributed by atoms with Crippen molar-refractivity contribution >= 4 is 36.4 Å². The SMILES string of the molecule is Cc1c(Cl)nc2c3c1CN[C@H]3CCC2.Cl.Cl. The smallest absolute Gasteiger partial charge is 0.132 e. The van der Waals surface area contributed by atoms with Crippen LogP contribution in [0.3, 0.4) is 0 Å². The largest absolute Gasteiger partial charge is 0.306 e. The molecule has 0 bridgehead atoms.